The smallest absolute Gasteiger partial charge is 0.267 e. The molecule has 0 saturated heterocycles. The molecule has 2 unspecified atom stereocenters. The number of nitrogens with one attached hydrogen (secondary N) is 1. The Balaban J connectivity index is 1.65. The van der Waals surface area contributed by atoms with Crippen molar-refractivity contribution in [3.8, 4) is 0 Å². The molecule has 24 heavy (non-hydrogen) atoms. The molecule has 0 radical (unpaired) electrons. The Hall–Kier alpha value is -1.26. The lowest BCUT2D eigenvalue weighted by Gasteiger charge is -2.02. The van der Waals surface area contributed by atoms with E-state index in [-0.39, 0.29) is 22.4 Å². The SMILES string of the molecule is O=C(N/N=C/C1C(c2ccccc2)C1(Cl)Cl)c1ccc(Cl)cc1Cl. The summed E-state index contributed by atoms with van der Waals surface area (Å²) in [6.45, 7) is 0. The number of alkyl halides is 2. The predicted molar refractivity (Wildman–Crippen MR) is 99.5 cm³/mol. The number of rotatable bonds is 4. The van der Waals surface area contributed by atoms with Crippen molar-refractivity contribution >= 4 is 58.5 Å². The second-order valence-corrected chi connectivity index (χ2v) is 7.72. The van der Waals surface area contributed by atoms with Crippen LogP contribution in [0.5, 0.6) is 0 Å². The molecule has 2 aromatic carbocycles. The molecule has 124 valence electrons. The highest BCUT2D eigenvalue weighted by atomic mass is 35.5. The number of hydrazone groups is 1. The maximum Gasteiger partial charge on any atom is 0.272 e. The zero-order chi connectivity index (χ0) is 17.3. The maximum atomic E-state index is 12.1. The fraction of sp³-hybridized carbons (Fsp3) is 0.176. The molecule has 1 fully saturated rings. The molecule has 0 spiro atoms. The Labute approximate surface area is 159 Å². The highest BCUT2D eigenvalue weighted by Gasteiger charge is 2.63. The van der Waals surface area contributed by atoms with E-state index in [2.05, 4.69) is 10.5 Å². The van der Waals surface area contributed by atoms with Crippen molar-refractivity contribution in [1.82, 2.24) is 5.43 Å². The number of hydrogen-bond donors (Lipinski definition) is 1. The van der Waals surface area contributed by atoms with Crippen LogP contribution >= 0.6 is 46.4 Å². The van der Waals surface area contributed by atoms with Gasteiger partial charge in [-0.2, -0.15) is 5.10 Å². The van der Waals surface area contributed by atoms with E-state index in [1.54, 1.807) is 12.3 Å². The van der Waals surface area contributed by atoms with Gasteiger partial charge in [-0.05, 0) is 23.8 Å². The van der Waals surface area contributed by atoms with Gasteiger partial charge in [-0.3, -0.25) is 4.79 Å². The van der Waals surface area contributed by atoms with Crippen LogP contribution in [-0.2, 0) is 0 Å². The second-order valence-electron chi connectivity index (χ2n) is 5.43. The van der Waals surface area contributed by atoms with Gasteiger partial charge in [0.15, 0.2) is 0 Å². The highest BCUT2D eigenvalue weighted by molar-refractivity contribution is 6.53. The molecule has 0 bridgehead atoms. The average molecular weight is 402 g/mol. The summed E-state index contributed by atoms with van der Waals surface area (Å²) in [5.74, 6) is -0.661. The number of hydrogen-bond acceptors (Lipinski definition) is 2. The standard InChI is InChI=1S/C17H12Cl4N2O/c18-11-6-7-12(14(19)8-11)16(24)23-22-9-13-15(17(13,20)21)10-4-2-1-3-5-10/h1-9,13,15H,(H,23,24)/b22-9+. The van der Waals surface area contributed by atoms with Crippen molar-refractivity contribution < 1.29 is 4.79 Å². The summed E-state index contributed by atoms with van der Waals surface area (Å²) in [5, 5.41) is 4.67. The van der Waals surface area contributed by atoms with Gasteiger partial charge in [0.1, 0.15) is 4.33 Å². The summed E-state index contributed by atoms with van der Waals surface area (Å²) in [5.41, 5.74) is 3.75. The van der Waals surface area contributed by atoms with Crippen LogP contribution in [0.2, 0.25) is 10.0 Å². The largest absolute Gasteiger partial charge is 0.272 e. The van der Waals surface area contributed by atoms with E-state index >= 15 is 0 Å². The molecule has 0 heterocycles. The molecule has 1 N–H and O–H groups in total. The first-order valence-corrected chi connectivity index (χ1v) is 8.64. The summed E-state index contributed by atoms with van der Waals surface area (Å²) < 4.78 is -0.923. The third-order valence-electron chi connectivity index (χ3n) is 3.84. The zero-order valence-electron chi connectivity index (χ0n) is 12.2. The molecule has 1 amide bonds. The van der Waals surface area contributed by atoms with Crippen molar-refractivity contribution in [3.63, 3.8) is 0 Å². The van der Waals surface area contributed by atoms with Crippen LogP contribution in [0.1, 0.15) is 21.8 Å². The fourth-order valence-corrected chi connectivity index (χ4v) is 3.79. The molecule has 0 aliphatic heterocycles. The van der Waals surface area contributed by atoms with Crippen LogP contribution in [0.15, 0.2) is 53.6 Å². The topological polar surface area (TPSA) is 41.5 Å². The van der Waals surface area contributed by atoms with Crippen LogP contribution in [-0.4, -0.2) is 16.5 Å². The molecular formula is C17H12Cl4N2O. The maximum absolute atomic E-state index is 12.1. The Morgan fingerprint density at radius 1 is 1.12 bits per heavy atom. The minimum absolute atomic E-state index is 0.0539. The van der Waals surface area contributed by atoms with Gasteiger partial charge in [-0.15, -0.1) is 23.2 Å². The van der Waals surface area contributed by atoms with E-state index in [4.69, 9.17) is 46.4 Å². The molecular weight excluding hydrogens is 390 g/mol. The van der Waals surface area contributed by atoms with Gasteiger partial charge in [0.05, 0.1) is 10.6 Å². The third kappa shape index (κ3) is 3.55. The minimum Gasteiger partial charge on any atom is -0.267 e. The van der Waals surface area contributed by atoms with Crippen molar-refractivity contribution in [1.29, 1.82) is 0 Å². The molecule has 2 aromatic rings. The van der Waals surface area contributed by atoms with Gasteiger partial charge >= 0.3 is 0 Å². The minimum atomic E-state index is -0.923. The molecule has 3 nitrogen and oxygen atoms in total. The first-order valence-electron chi connectivity index (χ1n) is 7.12. The average Bonchev–Trinajstić information content (AvgIpc) is 3.09. The molecule has 3 rings (SSSR count). The van der Waals surface area contributed by atoms with Gasteiger partial charge in [-0.25, -0.2) is 5.43 Å². The van der Waals surface area contributed by atoms with Crippen LogP contribution < -0.4 is 5.43 Å². The Morgan fingerprint density at radius 3 is 2.50 bits per heavy atom. The van der Waals surface area contributed by atoms with Gasteiger partial charge in [0.2, 0.25) is 0 Å². The van der Waals surface area contributed by atoms with Crippen molar-refractivity contribution in [2.75, 3.05) is 0 Å². The molecule has 2 atom stereocenters. The van der Waals surface area contributed by atoms with Crippen LogP contribution in [0, 0.1) is 5.92 Å². The summed E-state index contributed by atoms with van der Waals surface area (Å²) in [7, 11) is 0. The normalized spacial score (nSPS) is 21.7. The van der Waals surface area contributed by atoms with Crippen molar-refractivity contribution in [2.45, 2.75) is 10.3 Å². The van der Waals surface area contributed by atoms with E-state index in [0.29, 0.717) is 5.02 Å². The molecule has 7 heteroatoms. The summed E-state index contributed by atoms with van der Waals surface area (Å²) in [6.07, 6.45) is 1.55. The van der Waals surface area contributed by atoms with E-state index in [9.17, 15) is 4.79 Å². The second kappa shape index (κ2) is 6.93. The number of benzene rings is 2. The quantitative estimate of drug-likeness (QED) is 0.421. The summed E-state index contributed by atoms with van der Waals surface area (Å²) in [4.78, 5) is 12.1. The first kappa shape index (κ1) is 17.6. The number of nitrogens with zero attached hydrogens (tertiary/aromatic N) is 1. The predicted octanol–water partition coefficient (Wildman–Crippen LogP) is 5.30. The highest BCUT2D eigenvalue weighted by Crippen LogP contribution is 2.63. The molecule has 1 aliphatic rings. The Morgan fingerprint density at radius 2 is 1.83 bits per heavy atom. The van der Waals surface area contributed by atoms with Crippen molar-refractivity contribution in [2.24, 2.45) is 11.0 Å². The number of carbonyl (C=O) groups excluding carboxylic acids is 1. The van der Waals surface area contributed by atoms with Gasteiger partial charge in [0.25, 0.3) is 5.91 Å². The lowest BCUT2D eigenvalue weighted by molar-refractivity contribution is 0.0955. The van der Waals surface area contributed by atoms with E-state index in [1.165, 1.54) is 12.1 Å². The van der Waals surface area contributed by atoms with Crippen LogP contribution in [0.25, 0.3) is 0 Å². The van der Waals surface area contributed by atoms with E-state index in [0.717, 1.165) is 5.56 Å². The van der Waals surface area contributed by atoms with Crippen LogP contribution in [0.3, 0.4) is 0 Å². The van der Waals surface area contributed by atoms with E-state index in [1.807, 2.05) is 30.3 Å². The van der Waals surface area contributed by atoms with E-state index < -0.39 is 10.2 Å². The molecule has 0 aromatic heterocycles. The summed E-state index contributed by atoms with van der Waals surface area (Å²) in [6, 6.07) is 14.3. The third-order valence-corrected chi connectivity index (χ3v) is 5.37. The lowest BCUT2D eigenvalue weighted by Crippen LogP contribution is -2.18. The van der Waals surface area contributed by atoms with Gasteiger partial charge < -0.3 is 0 Å². The Kier molecular flexibility index (Phi) is 5.07. The lowest BCUT2D eigenvalue weighted by atomic mass is 10.1. The van der Waals surface area contributed by atoms with Gasteiger partial charge in [-0.1, -0.05) is 53.5 Å². The number of carbonyl (C=O) groups is 1. The van der Waals surface area contributed by atoms with Gasteiger partial charge in [0, 0.05) is 23.1 Å². The summed E-state index contributed by atoms with van der Waals surface area (Å²) >= 11 is 24.4. The number of amides is 1. The zero-order valence-corrected chi connectivity index (χ0v) is 15.2. The fourth-order valence-electron chi connectivity index (χ4n) is 2.54. The number of halogens is 4. The molecule has 1 aliphatic carbocycles. The monoisotopic (exact) mass is 400 g/mol. The van der Waals surface area contributed by atoms with Crippen molar-refractivity contribution in [3.05, 3.63) is 69.7 Å². The molecule has 1 saturated carbocycles. The van der Waals surface area contributed by atoms with Crippen LogP contribution in [0.4, 0.5) is 0 Å². The Bertz CT molecular complexity index is 792. The first-order chi connectivity index (χ1) is 11.4.